The first-order valence-corrected chi connectivity index (χ1v) is 4.79. The van der Waals surface area contributed by atoms with E-state index in [1.807, 2.05) is 31.2 Å². The summed E-state index contributed by atoms with van der Waals surface area (Å²) in [5.41, 5.74) is 1.00. The van der Waals surface area contributed by atoms with Crippen molar-refractivity contribution in [2.24, 2.45) is 4.99 Å². The van der Waals surface area contributed by atoms with Crippen LogP contribution in [-0.4, -0.2) is 12.9 Å². The third kappa shape index (κ3) is 3.28. The fourth-order valence-corrected chi connectivity index (χ4v) is 1.26. The molecule has 1 rings (SSSR count). The Labute approximate surface area is 95.6 Å². The van der Waals surface area contributed by atoms with E-state index in [1.54, 1.807) is 13.3 Å². The fourth-order valence-electron chi connectivity index (χ4n) is 1.26. The third-order valence-corrected chi connectivity index (χ3v) is 2.11. The highest BCUT2D eigenvalue weighted by atomic mass is 16.5. The van der Waals surface area contributed by atoms with Crippen molar-refractivity contribution < 1.29 is 4.74 Å². The molecule has 0 bridgehead atoms. The van der Waals surface area contributed by atoms with Gasteiger partial charge in [0.1, 0.15) is 11.6 Å². The summed E-state index contributed by atoms with van der Waals surface area (Å²) in [6, 6.07) is 7.43. The molecular formula is C12H13N3O. The summed E-state index contributed by atoms with van der Waals surface area (Å²) in [7, 11) is 1.62. The summed E-state index contributed by atoms with van der Waals surface area (Å²) in [5.74, 6) is 0.911. The van der Waals surface area contributed by atoms with Gasteiger partial charge in [0, 0.05) is 6.92 Å². The Kier molecular flexibility index (Phi) is 4.34. The molecule has 0 saturated heterocycles. The van der Waals surface area contributed by atoms with Crippen molar-refractivity contribution in [1.82, 2.24) is 5.32 Å². The molecule has 0 aromatic heterocycles. The van der Waals surface area contributed by atoms with Gasteiger partial charge in [0.05, 0.1) is 13.2 Å². The summed E-state index contributed by atoms with van der Waals surface area (Å²) in [6.07, 6.45) is 1.72. The molecule has 0 spiro atoms. The van der Waals surface area contributed by atoms with Gasteiger partial charge in [0.15, 0.2) is 6.19 Å². The fraction of sp³-hybridized carbons (Fsp3) is 0.250. The molecule has 1 unspecified atom stereocenters. The van der Waals surface area contributed by atoms with Gasteiger partial charge in [-0.3, -0.25) is 10.3 Å². The van der Waals surface area contributed by atoms with E-state index in [1.165, 1.54) is 0 Å². The Balaban J connectivity index is 2.77. The quantitative estimate of drug-likeness (QED) is 0.363. The largest absolute Gasteiger partial charge is 0.497 e. The predicted octanol–water partition coefficient (Wildman–Crippen LogP) is 1.94. The molecule has 0 aliphatic carbocycles. The monoisotopic (exact) mass is 215 g/mol. The van der Waals surface area contributed by atoms with E-state index in [9.17, 15) is 0 Å². The summed E-state index contributed by atoms with van der Waals surface area (Å²) in [6.45, 7) is 7.37. The van der Waals surface area contributed by atoms with Crippen LogP contribution >= 0.6 is 0 Å². The van der Waals surface area contributed by atoms with Gasteiger partial charge in [-0.15, -0.1) is 0 Å². The highest BCUT2D eigenvalue weighted by molar-refractivity contribution is 5.87. The van der Waals surface area contributed by atoms with Crippen LogP contribution in [0.4, 0.5) is 0 Å². The van der Waals surface area contributed by atoms with Gasteiger partial charge < -0.3 is 4.74 Å². The van der Waals surface area contributed by atoms with Gasteiger partial charge in [-0.05, 0) is 24.6 Å². The lowest BCUT2D eigenvalue weighted by molar-refractivity contribution is 0.414. The third-order valence-electron chi connectivity index (χ3n) is 2.11. The second-order valence-corrected chi connectivity index (χ2v) is 3.20. The number of benzene rings is 1. The summed E-state index contributed by atoms with van der Waals surface area (Å²) in [5, 5.41) is 10.6. The maximum atomic E-state index is 8.35. The zero-order chi connectivity index (χ0) is 12.0. The average molecular weight is 215 g/mol. The van der Waals surface area contributed by atoms with Gasteiger partial charge >= 0.3 is 0 Å². The van der Waals surface area contributed by atoms with Crippen LogP contribution in [0.5, 0.6) is 5.75 Å². The molecule has 16 heavy (non-hydrogen) atoms. The lowest BCUT2D eigenvalue weighted by Crippen LogP contribution is -2.14. The molecule has 2 radical (unpaired) electrons. The topological polar surface area (TPSA) is 57.4 Å². The molecule has 1 aromatic rings. The van der Waals surface area contributed by atoms with E-state index in [4.69, 9.17) is 16.9 Å². The highest BCUT2D eigenvalue weighted by Gasteiger charge is 2.03. The van der Waals surface area contributed by atoms with E-state index >= 15 is 0 Å². The average Bonchev–Trinajstić information content (AvgIpc) is 2.29. The number of aliphatic imine (C=N–C) groups is 1. The van der Waals surface area contributed by atoms with Crippen molar-refractivity contribution >= 4 is 5.84 Å². The molecule has 4 heteroatoms. The number of rotatable bonds is 3. The molecule has 1 atom stereocenters. The van der Waals surface area contributed by atoms with Crippen LogP contribution < -0.4 is 10.1 Å². The maximum Gasteiger partial charge on any atom is 0.182 e. The van der Waals surface area contributed by atoms with Crippen molar-refractivity contribution in [3.8, 4) is 11.9 Å². The van der Waals surface area contributed by atoms with E-state index in [-0.39, 0.29) is 11.9 Å². The van der Waals surface area contributed by atoms with Gasteiger partial charge in [-0.1, -0.05) is 12.1 Å². The second-order valence-electron chi connectivity index (χ2n) is 3.20. The minimum absolute atomic E-state index is 0.105. The van der Waals surface area contributed by atoms with Gasteiger partial charge in [-0.2, -0.15) is 5.26 Å². The summed E-state index contributed by atoms with van der Waals surface area (Å²) >= 11 is 0. The van der Waals surface area contributed by atoms with Crippen LogP contribution in [0.2, 0.25) is 0 Å². The van der Waals surface area contributed by atoms with Crippen LogP contribution in [0.15, 0.2) is 29.3 Å². The first kappa shape index (κ1) is 12.1. The van der Waals surface area contributed by atoms with Crippen LogP contribution in [0, 0.1) is 18.4 Å². The standard InChI is InChI=1S/C12H13N3O/c1-9(15-10(2)14-8-13)11-4-6-12(16-3)7-5-11/h2,4-7,9H,1,3H3,(H,14,15). The SMILES string of the molecule is [CH]C(=NC(C)c1ccc(OC)cc1)NC#N. The number of ether oxygens (including phenoxy) is 1. The Hall–Kier alpha value is -2.02. The zero-order valence-corrected chi connectivity index (χ0v) is 9.27. The number of nitriles is 1. The molecule has 1 N–H and O–H groups in total. The van der Waals surface area contributed by atoms with Crippen molar-refractivity contribution in [2.75, 3.05) is 7.11 Å². The number of nitrogens with zero attached hydrogens (tertiary/aromatic N) is 2. The Morgan fingerprint density at radius 2 is 2.12 bits per heavy atom. The van der Waals surface area contributed by atoms with E-state index < -0.39 is 0 Å². The van der Waals surface area contributed by atoms with Gasteiger partial charge in [-0.25, -0.2) is 0 Å². The van der Waals surface area contributed by atoms with E-state index in [2.05, 4.69) is 10.3 Å². The number of hydrogen-bond acceptors (Lipinski definition) is 3. The predicted molar refractivity (Wildman–Crippen MR) is 61.9 cm³/mol. The lowest BCUT2D eigenvalue weighted by atomic mass is 10.1. The molecule has 0 aliphatic rings. The molecule has 4 nitrogen and oxygen atoms in total. The van der Waals surface area contributed by atoms with Gasteiger partial charge in [0.2, 0.25) is 0 Å². The number of nitrogens with one attached hydrogen (secondary N) is 1. The van der Waals surface area contributed by atoms with Crippen molar-refractivity contribution in [3.05, 3.63) is 36.8 Å². The molecular weight excluding hydrogens is 202 g/mol. The molecule has 1 aromatic carbocycles. The summed E-state index contributed by atoms with van der Waals surface area (Å²) in [4.78, 5) is 4.11. The van der Waals surface area contributed by atoms with Crippen LogP contribution in [0.25, 0.3) is 0 Å². The normalized spacial score (nSPS) is 12.8. The van der Waals surface area contributed by atoms with Crippen LogP contribution in [0.3, 0.4) is 0 Å². The lowest BCUT2D eigenvalue weighted by Gasteiger charge is -2.08. The van der Waals surface area contributed by atoms with Crippen LogP contribution in [0.1, 0.15) is 18.5 Å². The minimum Gasteiger partial charge on any atom is -0.497 e. The van der Waals surface area contributed by atoms with Crippen molar-refractivity contribution in [3.63, 3.8) is 0 Å². The first-order valence-electron chi connectivity index (χ1n) is 4.79. The number of amidine groups is 1. The number of hydrogen-bond donors (Lipinski definition) is 1. The maximum absolute atomic E-state index is 8.35. The highest BCUT2D eigenvalue weighted by Crippen LogP contribution is 2.19. The van der Waals surface area contributed by atoms with Gasteiger partial charge in [0.25, 0.3) is 0 Å². The molecule has 0 heterocycles. The Morgan fingerprint density at radius 1 is 1.50 bits per heavy atom. The molecule has 0 saturated carbocycles. The molecule has 0 aliphatic heterocycles. The molecule has 82 valence electrons. The first-order chi connectivity index (χ1) is 7.67. The van der Waals surface area contributed by atoms with Crippen molar-refractivity contribution in [1.29, 1.82) is 5.26 Å². The van der Waals surface area contributed by atoms with E-state index in [0.717, 1.165) is 11.3 Å². The van der Waals surface area contributed by atoms with Crippen molar-refractivity contribution in [2.45, 2.75) is 13.0 Å². The minimum atomic E-state index is -0.105. The Morgan fingerprint density at radius 3 is 2.62 bits per heavy atom. The zero-order valence-electron chi connectivity index (χ0n) is 9.27. The molecule has 0 amide bonds. The number of methoxy groups -OCH3 is 1. The summed E-state index contributed by atoms with van der Waals surface area (Å²) < 4.78 is 5.05. The Bertz CT molecular complexity index is 403. The smallest absolute Gasteiger partial charge is 0.182 e. The molecule has 0 fully saturated rings. The van der Waals surface area contributed by atoms with Crippen LogP contribution in [-0.2, 0) is 0 Å². The van der Waals surface area contributed by atoms with E-state index in [0.29, 0.717) is 0 Å². The second kappa shape index (κ2) is 5.76.